The minimum absolute atomic E-state index is 0.198. The van der Waals surface area contributed by atoms with E-state index in [1.165, 1.54) is 11.8 Å². The van der Waals surface area contributed by atoms with Gasteiger partial charge in [-0.05, 0) is 54.8 Å². The number of anilines is 1. The van der Waals surface area contributed by atoms with Gasteiger partial charge in [0, 0.05) is 37.4 Å². The summed E-state index contributed by atoms with van der Waals surface area (Å²) >= 11 is 0. The van der Waals surface area contributed by atoms with E-state index < -0.39 is 0 Å². The minimum atomic E-state index is -0.355. The van der Waals surface area contributed by atoms with Crippen LogP contribution in [0.1, 0.15) is 44.5 Å². The van der Waals surface area contributed by atoms with Crippen molar-refractivity contribution in [1.82, 2.24) is 10.2 Å². The van der Waals surface area contributed by atoms with Crippen molar-refractivity contribution in [3.05, 3.63) is 88.9 Å². The van der Waals surface area contributed by atoms with Gasteiger partial charge in [0.15, 0.2) is 5.76 Å². The average Bonchev–Trinajstić information content (AvgIpc) is 3.34. The number of carbonyl (C=O) groups is 2. The number of hydrogen-bond acceptors (Lipinski definition) is 5. The van der Waals surface area contributed by atoms with Crippen LogP contribution in [0.25, 0.3) is 0 Å². The molecule has 4 rings (SSSR count). The molecular weight excluding hydrogens is 418 g/mol. The highest BCUT2D eigenvalue weighted by Crippen LogP contribution is 2.19. The Kier molecular flexibility index (Phi) is 7.22. The van der Waals surface area contributed by atoms with Crippen molar-refractivity contribution in [3.63, 3.8) is 0 Å². The Morgan fingerprint density at radius 1 is 1.06 bits per heavy atom. The van der Waals surface area contributed by atoms with Crippen LogP contribution in [0.5, 0.6) is 0 Å². The Bertz CT molecular complexity index is 1110. The highest BCUT2D eigenvalue weighted by molar-refractivity contribution is 6.03. The van der Waals surface area contributed by atoms with Gasteiger partial charge in [-0.15, -0.1) is 0 Å². The van der Waals surface area contributed by atoms with Gasteiger partial charge in [0.1, 0.15) is 0 Å². The van der Waals surface area contributed by atoms with Gasteiger partial charge < -0.3 is 19.8 Å². The first-order valence-corrected chi connectivity index (χ1v) is 11.1. The lowest BCUT2D eigenvalue weighted by Gasteiger charge is -2.31. The third-order valence-corrected chi connectivity index (χ3v) is 5.67. The maximum atomic E-state index is 12.8. The van der Waals surface area contributed by atoms with Gasteiger partial charge >= 0.3 is 0 Å². The molecule has 1 aliphatic heterocycles. The van der Waals surface area contributed by atoms with E-state index >= 15 is 0 Å². The first kappa shape index (κ1) is 22.8. The molecule has 1 unspecified atom stereocenters. The fourth-order valence-corrected chi connectivity index (χ4v) is 3.90. The molecule has 1 saturated heterocycles. The summed E-state index contributed by atoms with van der Waals surface area (Å²) < 4.78 is 10.7. The lowest BCUT2D eigenvalue weighted by molar-refractivity contribution is -0.0212. The quantitative estimate of drug-likeness (QED) is 0.572. The number of benzene rings is 2. The van der Waals surface area contributed by atoms with E-state index in [1.807, 2.05) is 25.1 Å². The van der Waals surface area contributed by atoms with E-state index in [0.29, 0.717) is 17.8 Å². The van der Waals surface area contributed by atoms with Crippen LogP contribution in [-0.4, -0.2) is 42.5 Å². The maximum absolute atomic E-state index is 12.8. The predicted molar refractivity (Wildman–Crippen MR) is 126 cm³/mol. The molecule has 7 nitrogen and oxygen atoms in total. The summed E-state index contributed by atoms with van der Waals surface area (Å²) in [5.74, 6) is -0.335. The summed E-state index contributed by atoms with van der Waals surface area (Å²) in [7, 11) is 0. The topological polar surface area (TPSA) is 83.8 Å². The van der Waals surface area contributed by atoms with Gasteiger partial charge in [-0.25, -0.2) is 0 Å². The summed E-state index contributed by atoms with van der Waals surface area (Å²) in [4.78, 5) is 27.5. The Balaban J connectivity index is 1.36. The molecule has 0 radical (unpaired) electrons. The molecule has 3 aromatic rings. The minimum Gasteiger partial charge on any atom is -0.459 e. The maximum Gasteiger partial charge on any atom is 0.291 e. The van der Waals surface area contributed by atoms with Crippen LogP contribution in [0.2, 0.25) is 0 Å². The Hall–Kier alpha value is -3.42. The summed E-state index contributed by atoms with van der Waals surface area (Å²) in [6.07, 6.45) is 1.70. The number of nitrogens with one attached hydrogen (secondary N) is 2. The van der Waals surface area contributed by atoms with E-state index in [9.17, 15) is 9.59 Å². The van der Waals surface area contributed by atoms with Gasteiger partial charge in [-0.2, -0.15) is 0 Å². The third-order valence-electron chi connectivity index (χ3n) is 5.67. The van der Waals surface area contributed by atoms with Crippen LogP contribution < -0.4 is 10.6 Å². The van der Waals surface area contributed by atoms with Gasteiger partial charge in [-0.1, -0.05) is 30.3 Å². The predicted octanol–water partition coefficient (Wildman–Crippen LogP) is 3.99. The van der Waals surface area contributed by atoms with Crippen molar-refractivity contribution >= 4 is 17.5 Å². The second-order valence-corrected chi connectivity index (χ2v) is 8.38. The number of nitrogens with zero attached hydrogens (tertiary/aromatic N) is 1. The van der Waals surface area contributed by atoms with Crippen molar-refractivity contribution in [2.45, 2.75) is 33.0 Å². The van der Waals surface area contributed by atoms with Gasteiger partial charge in [0.25, 0.3) is 11.8 Å². The Morgan fingerprint density at radius 3 is 2.70 bits per heavy atom. The zero-order chi connectivity index (χ0) is 23.2. The molecule has 0 bridgehead atoms. The van der Waals surface area contributed by atoms with E-state index in [4.69, 9.17) is 9.15 Å². The number of aryl methyl sites for hydroxylation is 1. The molecule has 172 valence electrons. The molecule has 0 aliphatic carbocycles. The van der Waals surface area contributed by atoms with Crippen LogP contribution in [0.4, 0.5) is 5.69 Å². The first-order chi connectivity index (χ1) is 16.0. The molecule has 7 heteroatoms. The molecule has 1 aliphatic rings. The Morgan fingerprint density at radius 2 is 1.91 bits per heavy atom. The molecule has 0 spiro atoms. The number of ether oxygens (including phenoxy) is 1. The summed E-state index contributed by atoms with van der Waals surface area (Å²) in [5.41, 5.74) is 4.17. The molecule has 2 heterocycles. The Labute approximate surface area is 193 Å². The lowest BCUT2D eigenvalue weighted by atomic mass is 10.1. The second-order valence-electron chi connectivity index (χ2n) is 8.38. The molecule has 2 aromatic carbocycles. The molecule has 0 saturated carbocycles. The zero-order valence-electron chi connectivity index (χ0n) is 19.0. The normalized spacial score (nSPS) is 16.4. The first-order valence-electron chi connectivity index (χ1n) is 11.1. The van der Waals surface area contributed by atoms with Crippen molar-refractivity contribution < 1.29 is 18.7 Å². The highest BCUT2D eigenvalue weighted by Gasteiger charge is 2.17. The fraction of sp³-hybridized carbons (Fsp3) is 0.308. The van der Waals surface area contributed by atoms with Crippen LogP contribution in [0.3, 0.4) is 0 Å². The molecule has 33 heavy (non-hydrogen) atoms. The zero-order valence-corrected chi connectivity index (χ0v) is 19.0. The van der Waals surface area contributed by atoms with Crippen LogP contribution >= 0.6 is 0 Å². The van der Waals surface area contributed by atoms with Gasteiger partial charge in [0.2, 0.25) is 0 Å². The van der Waals surface area contributed by atoms with Crippen LogP contribution in [-0.2, 0) is 17.8 Å². The average molecular weight is 448 g/mol. The van der Waals surface area contributed by atoms with E-state index in [1.54, 1.807) is 24.3 Å². The molecule has 1 fully saturated rings. The van der Waals surface area contributed by atoms with E-state index in [2.05, 4.69) is 34.6 Å². The van der Waals surface area contributed by atoms with E-state index in [0.717, 1.165) is 37.4 Å². The van der Waals surface area contributed by atoms with Gasteiger partial charge in [-0.3, -0.25) is 14.5 Å². The molecule has 2 amide bonds. The van der Waals surface area contributed by atoms with Crippen LogP contribution in [0.15, 0.2) is 65.3 Å². The van der Waals surface area contributed by atoms with Crippen LogP contribution in [0, 0.1) is 6.92 Å². The number of hydrogen-bond donors (Lipinski definition) is 2. The summed E-state index contributed by atoms with van der Waals surface area (Å²) in [6, 6.07) is 16.8. The summed E-state index contributed by atoms with van der Waals surface area (Å²) in [6.45, 7) is 7.87. The fourth-order valence-electron chi connectivity index (χ4n) is 3.90. The van der Waals surface area contributed by atoms with Crippen molar-refractivity contribution in [2.24, 2.45) is 0 Å². The van der Waals surface area contributed by atoms with Gasteiger partial charge in [0.05, 0.1) is 19.0 Å². The smallest absolute Gasteiger partial charge is 0.291 e. The number of morpholine rings is 1. The van der Waals surface area contributed by atoms with Crippen molar-refractivity contribution in [1.29, 1.82) is 0 Å². The van der Waals surface area contributed by atoms with E-state index in [-0.39, 0.29) is 23.7 Å². The van der Waals surface area contributed by atoms with Crippen molar-refractivity contribution in [2.75, 3.05) is 25.0 Å². The highest BCUT2D eigenvalue weighted by atomic mass is 16.5. The standard InChI is InChI=1S/C26H29N3O4/c1-18-8-9-22(14-23(18)28-26(31)24-7-4-11-33-24)25(30)27-15-20-5-3-6-21(13-20)17-29-10-12-32-19(2)16-29/h3-9,11,13-14,19H,10,12,15-17H2,1-2H3,(H,27,30)(H,28,31). The number of rotatable bonds is 7. The SMILES string of the molecule is Cc1ccc(C(=O)NCc2cccc(CN3CCOC(C)C3)c2)cc1NC(=O)c1ccco1. The van der Waals surface area contributed by atoms with Crippen molar-refractivity contribution in [3.8, 4) is 0 Å². The number of furan rings is 1. The molecular formula is C26H29N3O4. The monoisotopic (exact) mass is 447 g/mol. The summed E-state index contributed by atoms with van der Waals surface area (Å²) in [5, 5.41) is 5.78. The third kappa shape index (κ3) is 6.09. The largest absolute Gasteiger partial charge is 0.459 e. The number of amides is 2. The molecule has 2 N–H and O–H groups in total. The molecule has 1 atom stereocenters. The molecule has 1 aromatic heterocycles. The second kappa shape index (κ2) is 10.5. The lowest BCUT2D eigenvalue weighted by Crippen LogP contribution is -2.40. The number of carbonyl (C=O) groups excluding carboxylic acids is 2.